The molecule has 0 aliphatic carbocycles. The number of anilines is 2. The normalized spacial score (nSPS) is 15.6. The van der Waals surface area contributed by atoms with Gasteiger partial charge in [0.05, 0.1) is 28.8 Å². The van der Waals surface area contributed by atoms with Crippen molar-refractivity contribution in [2.24, 2.45) is 10.8 Å². The molecule has 4 bridgehead atoms. The zero-order valence-corrected chi connectivity index (χ0v) is 30.9. The SMILES string of the molecule is CCOC(=O)C(C)(C)CN1CCCCCCc2ccccc2-c2nc(ccc2-n2ccc(OCC(C)(C)C(F)(F)F)n2)NS(=O)(=O)c2cccc1n2. The molecule has 52 heavy (non-hydrogen) atoms. The van der Waals surface area contributed by atoms with Crippen molar-refractivity contribution < 1.29 is 35.9 Å². The Labute approximate surface area is 302 Å². The number of nitrogens with zero attached hydrogens (tertiary/aromatic N) is 5. The first kappa shape index (κ1) is 38.6. The number of pyridine rings is 2. The van der Waals surface area contributed by atoms with E-state index in [9.17, 15) is 26.4 Å². The van der Waals surface area contributed by atoms with Crippen LogP contribution in [-0.4, -0.2) is 66.6 Å². The zero-order valence-electron chi connectivity index (χ0n) is 30.0. The van der Waals surface area contributed by atoms with Crippen molar-refractivity contribution in [3.63, 3.8) is 0 Å². The van der Waals surface area contributed by atoms with Crippen LogP contribution in [0.15, 0.2) is 71.9 Å². The molecule has 0 unspecified atom stereocenters. The lowest BCUT2D eigenvalue weighted by Crippen LogP contribution is -2.41. The standard InChI is InChI=1S/C37H45F3N6O5S/c1-6-50-34(47)35(2,3)24-45-22-12-8-7-9-14-26-15-10-11-16-27(26)33-28(46-23-21-31(43-46)51-25-36(4,5)37(38,39)40)19-20-29(41-33)44-52(48,49)32-18-13-17-30(45)42-32/h10-11,13,15-21,23H,6-9,12,14,22,24-25H2,1-5H3,(H,41,44). The first-order valence-electron chi connectivity index (χ1n) is 17.3. The quantitative estimate of drug-likeness (QED) is 0.182. The van der Waals surface area contributed by atoms with E-state index in [1.807, 2.05) is 29.2 Å². The fourth-order valence-electron chi connectivity index (χ4n) is 5.75. The topological polar surface area (TPSA) is 129 Å². The van der Waals surface area contributed by atoms with Crippen molar-refractivity contribution in [1.82, 2.24) is 19.7 Å². The molecular formula is C37H45F3N6O5S. The molecule has 4 aromatic rings. The van der Waals surface area contributed by atoms with Gasteiger partial charge in [-0.1, -0.05) is 43.2 Å². The average Bonchev–Trinajstić information content (AvgIpc) is 3.56. The van der Waals surface area contributed by atoms with Gasteiger partial charge in [0.2, 0.25) is 5.88 Å². The number of sulfonamides is 1. The number of carbonyl (C=O) groups is 1. The van der Waals surface area contributed by atoms with Crippen LogP contribution in [0, 0.1) is 10.8 Å². The van der Waals surface area contributed by atoms with E-state index in [2.05, 4.69) is 14.8 Å². The highest BCUT2D eigenvalue weighted by molar-refractivity contribution is 7.92. The maximum Gasteiger partial charge on any atom is 0.397 e. The summed E-state index contributed by atoms with van der Waals surface area (Å²) < 4.78 is 82.8. The molecule has 0 saturated heterocycles. The lowest BCUT2D eigenvalue weighted by atomic mass is 9.92. The monoisotopic (exact) mass is 742 g/mol. The summed E-state index contributed by atoms with van der Waals surface area (Å²) in [5, 5.41) is 4.17. The van der Waals surface area contributed by atoms with Crippen LogP contribution in [0.5, 0.6) is 5.88 Å². The average molecular weight is 743 g/mol. The second-order valence-electron chi connectivity index (χ2n) is 14.1. The van der Waals surface area contributed by atoms with Crippen LogP contribution in [0.3, 0.4) is 0 Å². The van der Waals surface area contributed by atoms with Gasteiger partial charge in [0.25, 0.3) is 10.0 Å². The van der Waals surface area contributed by atoms with Crippen LogP contribution in [0.1, 0.15) is 65.9 Å². The second-order valence-corrected chi connectivity index (χ2v) is 15.7. The lowest BCUT2D eigenvalue weighted by Gasteiger charge is -2.32. The van der Waals surface area contributed by atoms with Gasteiger partial charge in [-0.15, -0.1) is 5.10 Å². The highest BCUT2D eigenvalue weighted by atomic mass is 32.2. The number of esters is 1. The number of rotatable bonds is 8. The molecule has 0 spiro atoms. The molecule has 4 heterocycles. The Morgan fingerprint density at radius 1 is 0.923 bits per heavy atom. The third kappa shape index (κ3) is 9.03. The van der Waals surface area contributed by atoms with Crippen molar-refractivity contribution >= 4 is 27.6 Å². The molecule has 0 saturated carbocycles. The molecule has 3 aromatic heterocycles. The van der Waals surface area contributed by atoms with Crippen LogP contribution >= 0.6 is 0 Å². The number of halogens is 3. The number of nitrogens with one attached hydrogen (secondary N) is 1. The maximum atomic E-state index is 13.8. The molecular weight excluding hydrogens is 698 g/mol. The number of aromatic nitrogens is 4. The number of ether oxygens (including phenoxy) is 2. The highest BCUT2D eigenvalue weighted by Crippen LogP contribution is 2.38. The molecule has 11 nitrogen and oxygen atoms in total. The molecule has 0 radical (unpaired) electrons. The molecule has 1 aliphatic rings. The molecule has 15 heteroatoms. The van der Waals surface area contributed by atoms with Gasteiger partial charge in [0.15, 0.2) is 5.03 Å². The van der Waals surface area contributed by atoms with E-state index in [1.54, 1.807) is 45.2 Å². The van der Waals surface area contributed by atoms with E-state index in [4.69, 9.17) is 14.5 Å². The fraction of sp³-hybridized carbons (Fsp3) is 0.459. The van der Waals surface area contributed by atoms with E-state index in [-0.39, 0.29) is 35.8 Å². The smallest absolute Gasteiger partial charge is 0.397 e. The van der Waals surface area contributed by atoms with E-state index < -0.39 is 33.6 Å². The van der Waals surface area contributed by atoms with E-state index in [0.717, 1.165) is 57.1 Å². The summed E-state index contributed by atoms with van der Waals surface area (Å²) in [6.45, 7) is 7.92. The van der Waals surface area contributed by atoms with Crippen LogP contribution < -0.4 is 14.4 Å². The number of aryl methyl sites for hydroxylation is 1. The predicted octanol–water partition coefficient (Wildman–Crippen LogP) is 7.61. The molecule has 0 atom stereocenters. The van der Waals surface area contributed by atoms with Gasteiger partial charge >= 0.3 is 12.1 Å². The third-order valence-electron chi connectivity index (χ3n) is 8.89. The first-order chi connectivity index (χ1) is 24.5. The Bertz CT molecular complexity index is 1980. The minimum Gasteiger partial charge on any atom is -0.476 e. The van der Waals surface area contributed by atoms with Gasteiger partial charge in [0.1, 0.15) is 18.2 Å². The minimum absolute atomic E-state index is 0.00231. The number of benzene rings is 1. The molecule has 280 valence electrons. The highest BCUT2D eigenvalue weighted by Gasteiger charge is 2.48. The van der Waals surface area contributed by atoms with Crippen molar-refractivity contribution in [2.75, 3.05) is 35.9 Å². The van der Waals surface area contributed by atoms with Crippen LogP contribution in [0.25, 0.3) is 16.9 Å². The maximum absolute atomic E-state index is 13.8. The summed E-state index contributed by atoms with van der Waals surface area (Å²) in [5.41, 5.74) is -0.338. The largest absolute Gasteiger partial charge is 0.476 e. The number of hydrogen-bond acceptors (Lipinski definition) is 9. The first-order valence-corrected chi connectivity index (χ1v) is 18.8. The fourth-order valence-corrected chi connectivity index (χ4v) is 6.71. The number of fused-ring (bicyclic) bond motifs is 6. The molecule has 1 aliphatic heterocycles. The summed E-state index contributed by atoms with van der Waals surface area (Å²) in [4.78, 5) is 24.0. The Morgan fingerprint density at radius 3 is 2.42 bits per heavy atom. The zero-order chi connectivity index (χ0) is 37.7. The van der Waals surface area contributed by atoms with Crippen LogP contribution in [0.2, 0.25) is 0 Å². The predicted molar refractivity (Wildman–Crippen MR) is 192 cm³/mol. The van der Waals surface area contributed by atoms with Gasteiger partial charge in [-0.3, -0.25) is 9.52 Å². The summed E-state index contributed by atoms with van der Waals surface area (Å²) in [6, 6.07) is 17.0. The Kier molecular flexibility index (Phi) is 11.5. The number of carbonyl (C=O) groups excluding carboxylic acids is 1. The van der Waals surface area contributed by atoms with Gasteiger partial charge in [0, 0.05) is 30.9 Å². The lowest BCUT2D eigenvalue weighted by molar-refractivity contribution is -0.219. The van der Waals surface area contributed by atoms with E-state index in [1.165, 1.54) is 22.9 Å². The number of alkyl halides is 3. The van der Waals surface area contributed by atoms with Crippen molar-refractivity contribution in [2.45, 2.75) is 77.9 Å². The molecule has 0 amide bonds. The summed E-state index contributed by atoms with van der Waals surface area (Å²) in [5.74, 6) is 0.0896. The number of hydrogen-bond donors (Lipinski definition) is 1. The molecule has 5 rings (SSSR count). The molecule has 1 N–H and O–H groups in total. The second kappa shape index (κ2) is 15.5. The minimum atomic E-state index is -4.46. The molecule has 1 aromatic carbocycles. The Hall–Kier alpha value is -4.66. The van der Waals surface area contributed by atoms with E-state index in [0.29, 0.717) is 23.7 Å². The van der Waals surface area contributed by atoms with Crippen molar-refractivity contribution in [3.05, 3.63) is 72.4 Å². The van der Waals surface area contributed by atoms with Gasteiger partial charge in [-0.2, -0.15) is 21.6 Å². The molecule has 0 fully saturated rings. The summed E-state index contributed by atoms with van der Waals surface area (Å²) >= 11 is 0. The summed E-state index contributed by atoms with van der Waals surface area (Å²) in [7, 11) is -4.24. The van der Waals surface area contributed by atoms with Crippen molar-refractivity contribution in [3.8, 4) is 22.8 Å². The van der Waals surface area contributed by atoms with Gasteiger partial charge in [-0.05, 0) is 83.7 Å². The van der Waals surface area contributed by atoms with E-state index >= 15 is 0 Å². The van der Waals surface area contributed by atoms with Crippen LogP contribution in [-0.2, 0) is 26.0 Å². The van der Waals surface area contributed by atoms with Gasteiger partial charge < -0.3 is 14.4 Å². The third-order valence-corrected chi connectivity index (χ3v) is 10.1. The Morgan fingerprint density at radius 2 is 1.67 bits per heavy atom. The van der Waals surface area contributed by atoms with Crippen molar-refractivity contribution in [1.29, 1.82) is 0 Å². The summed E-state index contributed by atoms with van der Waals surface area (Å²) in [6.07, 6.45) is 1.27. The van der Waals surface area contributed by atoms with Gasteiger partial charge in [-0.25, -0.2) is 14.6 Å². The Balaban J connectivity index is 1.53. The van der Waals surface area contributed by atoms with Crippen LogP contribution in [0.4, 0.5) is 24.8 Å².